The summed E-state index contributed by atoms with van der Waals surface area (Å²) in [5.74, 6) is -0.315. The van der Waals surface area contributed by atoms with Crippen molar-refractivity contribution in [2.45, 2.75) is 38.0 Å². The van der Waals surface area contributed by atoms with Crippen molar-refractivity contribution in [3.05, 3.63) is 42.1 Å². The number of aliphatic hydroxyl groups excluding tert-OH is 1. The first-order chi connectivity index (χ1) is 13.3. The van der Waals surface area contributed by atoms with Crippen LogP contribution in [0.4, 0.5) is 24.7 Å². The molecule has 0 aliphatic heterocycles. The van der Waals surface area contributed by atoms with Gasteiger partial charge in [0.05, 0.1) is 18.0 Å². The molecule has 3 N–H and O–H groups in total. The molecule has 0 bridgehead atoms. The molecule has 1 aliphatic carbocycles. The molecule has 2 aromatic rings. The maximum absolute atomic E-state index is 12.6. The molecule has 3 rings (SSSR count). The first-order valence-electron chi connectivity index (χ1n) is 8.92. The Balaban J connectivity index is 1.67. The molecule has 0 aromatic carbocycles. The molecule has 1 fully saturated rings. The zero-order valence-corrected chi connectivity index (χ0v) is 14.9. The summed E-state index contributed by atoms with van der Waals surface area (Å²) in [6.45, 7) is 0.446. The number of pyridine rings is 1. The molecule has 1 aliphatic rings. The van der Waals surface area contributed by atoms with Gasteiger partial charge in [0.15, 0.2) is 11.5 Å². The van der Waals surface area contributed by atoms with Gasteiger partial charge in [-0.25, -0.2) is 15.0 Å². The molecule has 0 radical (unpaired) electrons. The van der Waals surface area contributed by atoms with E-state index in [2.05, 4.69) is 25.6 Å². The Morgan fingerprint density at radius 2 is 1.89 bits per heavy atom. The number of aromatic nitrogens is 3. The number of aliphatic hydroxyl groups is 1. The highest BCUT2D eigenvalue weighted by molar-refractivity contribution is 6.05. The summed E-state index contributed by atoms with van der Waals surface area (Å²) in [6, 6.07) is 1.91. The molecule has 2 aromatic heterocycles. The highest BCUT2D eigenvalue weighted by atomic mass is 19.4. The molecule has 7 nitrogen and oxygen atoms in total. The van der Waals surface area contributed by atoms with E-state index in [0.29, 0.717) is 6.54 Å². The predicted molar refractivity (Wildman–Crippen MR) is 95.7 cm³/mol. The molecule has 150 valence electrons. The minimum Gasteiger partial charge on any atom is -0.393 e. The predicted octanol–water partition coefficient (Wildman–Crippen LogP) is 3.11. The van der Waals surface area contributed by atoms with Gasteiger partial charge in [0.2, 0.25) is 0 Å². The third-order valence-corrected chi connectivity index (χ3v) is 4.63. The molecular formula is C18H20F3N5O2. The van der Waals surface area contributed by atoms with E-state index < -0.39 is 23.9 Å². The lowest BCUT2D eigenvalue weighted by atomic mass is 9.86. The number of halogens is 3. The van der Waals surface area contributed by atoms with Gasteiger partial charge in [0.25, 0.3) is 5.91 Å². The first kappa shape index (κ1) is 20.0. The number of alkyl halides is 3. The minimum atomic E-state index is -4.55. The van der Waals surface area contributed by atoms with Crippen LogP contribution in [0.5, 0.6) is 0 Å². The van der Waals surface area contributed by atoms with Crippen LogP contribution in [0, 0.1) is 5.92 Å². The second-order valence-electron chi connectivity index (χ2n) is 6.63. The van der Waals surface area contributed by atoms with Crippen LogP contribution in [0.1, 0.15) is 41.9 Å². The molecule has 0 spiro atoms. The fourth-order valence-electron chi connectivity index (χ4n) is 3.11. The van der Waals surface area contributed by atoms with Crippen LogP contribution in [0.2, 0.25) is 0 Å². The highest BCUT2D eigenvalue weighted by Gasteiger charge is 2.32. The Morgan fingerprint density at radius 3 is 2.57 bits per heavy atom. The lowest BCUT2D eigenvalue weighted by molar-refractivity contribution is -0.141. The molecule has 10 heteroatoms. The van der Waals surface area contributed by atoms with Crippen LogP contribution in [0.25, 0.3) is 0 Å². The summed E-state index contributed by atoms with van der Waals surface area (Å²) in [4.78, 5) is 23.9. The van der Waals surface area contributed by atoms with E-state index in [4.69, 9.17) is 0 Å². The number of rotatable bonds is 5. The third-order valence-electron chi connectivity index (χ3n) is 4.63. The number of nitrogens with one attached hydrogen (secondary N) is 2. The maximum Gasteiger partial charge on any atom is 0.433 e. The van der Waals surface area contributed by atoms with E-state index in [9.17, 15) is 23.1 Å². The van der Waals surface area contributed by atoms with Gasteiger partial charge >= 0.3 is 6.18 Å². The van der Waals surface area contributed by atoms with Crippen LogP contribution < -0.4 is 10.6 Å². The van der Waals surface area contributed by atoms with E-state index in [1.54, 1.807) is 0 Å². The van der Waals surface area contributed by atoms with Gasteiger partial charge in [0, 0.05) is 24.9 Å². The highest BCUT2D eigenvalue weighted by Crippen LogP contribution is 2.28. The monoisotopic (exact) mass is 395 g/mol. The van der Waals surface area contributed by atoms with Gasteiger partial charge in [-0.15, -0.1) is 0 Å². The third kappa shape index (κ3) is 4.94. The summed E-state index contributed by atoms with van der Waals surface area (Å²) in [5.41, 5.74) is -0.927. The smallest absolute Gasteiger partial charge is 0.393 e. The fraction of sp³-hybridized carbons (Fsp3) is 0.444. The van der Waals surface area contributed by atoms with Crippen LogP contribution >= 0.6 is 0 Å². The molecule has 0 saturated heterocycles. The number of hydrogen-bond donors (Lipinski definition) is 3. The number of hydrogen-bond acceptors (Lipinski definition) is 6. The second-order valence-corrected chi connectivity index (χ2v) is 6.63. The zero-order chi connectivity index (χ0) is 20.1. The normalized spacial score (nSPS) is 19.9. The molecular weight excluding hydrogens is 375 g/mol. The van der Waals surface area contributed by atoms with E-state index in [-0.39, 0.29) is 23.1 Å². The summed E-state index contributed by atoms with van der Waals surface area (Å²) in [7, 11) is 0. The summed E-state index contributed by atoms with van der Waals surface area (Å²) in [5, 5.41) is 15.6. The van der Waals surface area contributed by atoms with Gasteiger partial charge < -0.3 is 15.7 Å². The van der Waals surface area contributed by atoms with Gasteiger partial charge in [0.1, 0.15) is 5.69 Å². The Kier molecular flexibility index (Phi) is 6.08. The van der Waals surface area contributed by atoms with Crippen LogP contribution in [-0.2, 0) is 6.18 Å². The Morgan fingerprint density at radius 1 is 1.14 bits per heavy atom. The fourth-order valence-corrected chi connectivity index (χ4v) is 3.11. The average Bonchev–Trinajstić information content (AvgIpc) is 2.67. The Bertz CT molecular complexity index is 814. The van der Waals surface area contributed by atoms with E-state index >= 15 is 0 Å². The number of amides is 1. The van der Waals surface area contributed by atoms with Crippen molar-refractivity contribution in [3.63, 3.8) is 0 Å². The standard InChI is InChI=1S/C18H20F3N5O2/c19-18(20,21)14-6-5-12(10-24-14)26-17(28)15-16(23-8-7-22-15)25-9-11-3-1-2-4-13(11)27/h5-8,10-11,13,27H,1-4,9H2,(H,23,25)(H,26,28)/t11-,13+/m0/s1. The van der Waals surface area contributed by atoms with E-state index in [1.807, 2.05) is 0 Å². The van der Waals surface area contributed by atoms with Crippen molar-refractivity contribution < 1.29 is 23.1 Å². The largest absolute Gasteiger partial charge is 0.433 e. The van der Waals surface area contributed by atoms with E-state index in [1.165, 1.54) is 12.4 Å². The Hall–Kier alpha value is -2.75. The number of nitrogens with zero attached hydrogens (tertiary/aromatic N) is 3. The summed E-state index contributed by atoms with van der Waals surface area (Å²) < 4.78 is 37.7. The van der Waals surface area contributed by atoms with Gasteiger partial charge in [-0.3, -0.25) is 4.79 Å². The van der Waals surface area contributed by atoms with Gasteiger partial charge in [-0.05, 0) is 25.0 Å². The summed E-state index contributed by atoms with van der Waals surface area (Å²) in [6.07, 6.45) is 2.44. The van der Waals surface area contributed by atoms with Gasteiger partial charge in [-0.1, -0.05) is 12.8 Å². The van der Waals surface area contributed by atoms with Crippen molar-refractivity contribution in [3.8, 4) is 0 Å². The van der Waals surface area contributed by atoms with Crippen molar-refractivity contribution in [1.82, 2.24) is 15.0 Å². The minimum absolute atomic E-state index is 0.00713. The van der Waals surface area contributed by atoms with Crippen LogP contribution in [-0.4, -0.2) is 38.6 Å². The zero-order valence-electron chi connectivity index (χ0n) is 14.9. The second kappa shape index (κ2) is 8.51. The maximum atomic E-state index is 12.6. The van der Waals surface area contributed by atoms with Crippen molar-refractivity contribution >= 4 is 17.4 Å². The number of carbonyl (C=O) groups excluding carboxylic acids is 1. The quantitative estimate of drug-likeness (QED) is 0.719. The van der Waals surface area contributed by atoms with Crippen molar-refractivity contribution in [2.75, 3.05) is 17.2 Å². The summed E-state index contributed by atoms with van der Waals surface area (Å²) >= 11 is 0. The van der Waals surface area contributed by atoms with Crippen LogP contribution in [0.3, 0.4) is 0 Å². The first-order valence-corrected chi connectivity index (χ1v) is 8.92. The average molecular weight is 395 g/mol. The van der Waals surface area contributed by atoms with Crippen molar-refractivity contribution in [2.24, 2.45) is 5.92 Å². The van der Waals surface area contributed by atoms with E-state index in [0.717, 1.165) is 44.0 Å². The van der Waals surface area contributed by atoms with Gasteiger partial charge in [-0.2, -0.15) is 13.2 Å². The molecule has 1 saturated carbocycles. The molecule has 28 heavy (non-hydrogen) atoms. The van der Waals surface area contributed by atoms with Crippen molar-refractivity contribution in [1.29, 1.82) is 0 Å². The molecule has 2 heterocycles. The lowest BCUT2D eigenvalue weighted by Gasteiger charge is -2.27. The lowest BCUT2D eigenvalue weighted by Crippen LogP contribution is -2.31. The number of carbonyl (C=O) groups is 1. The Labute approximate surface area is 159 Å². The topological polar surface area (TPSA) is 100 Å². The molecule has 2 atom stereocenters. The van der Waals surface area contributed by atoms with Crippen LogP contribution in [0.15, 0.2) is 30.7 Å². The SMILES string of the molecule is O=C(Nc1ccc(C(F)(F)F)nc1)c1nccnc1NC[C@@H]1CCCC[C@H]1O. The molecule has 1 amide bonds. The number of anilines is 2. The molecule has 0 unspecified atom stereocenters.